The minimum absolute atomic E-state index is 0.238. The summed E-state index contributed by atoms with van der Waals surface area (Å²) < 4.78 is 10.4. The van der Waals surface area contributed by atoms with E-state index in [1.54, 1.807) is 0 Å². The van der Waals surface area contributed by atoms with Crippen LogP contribution in [0.3, 0.4) is 0 Å². The second-order valence-electron chi connectivity index (χ2n) is 4.76. The van der Waals surface area contributed by atoms with E-state index in [-0.39, 0.29) is 5.97 Å². The van der Waals surface area contributed by atoms with Crippen molar-refractivity contribution in [3.63, 3.8) is 0 Å². The third-order valence-electron chi connectivity index (χ3n) is 3.30. The second-order valence-corrected chi connectivity index (χ2v) is 4.76. The van der Waals surface area contributed by atoms with Gasteiger partial charge in [0.15, 0.2) is 0 Å². The molecule has 1 fully saturated rings. The Labute approximate surface area is 114 Å². The highest BCUT2D eigenvalue weighted by molar-refractivity contribution is 5.91. The molecule has 1 aromatic rings. The molecule has 4 nitrogen and oxygen atoms in total. The van der Waals surface area contributed by atoms with Gasteiger partial charge in [-0.15, -0.1) is 0 Å². The third-order valence-corrected chi connectivity index (χ3v) is 3.30. The summed E-state index contributed by atoms with van der Waals surface area (Å²) in [6.07, 6.45) is 0. The lowest BCUT2D eigenvalue weighted by Crippen LogP contribution is -2.35. The standard InChI is InChI=1S/C15H21NO3/c1-3-19-15(17)14-5-4-13(10-12(14)2)11-16-6-8-18-9-7-16/h4-5,10H,3,6-9,11H2,1-2H3. The molecule has 0 bridgehead atoms. The summed E-state index contributed by atoms with van der Waals surface area (Å²) in [5.74, 6) is -0.238. The lowest BCUT2D eigenvalue weighted by atomic mass is 10.0. The van der Waals surface area contributed by atoms with Crippen molar-refractivity contribution in [2.45, 2.75) is 20.4 Å². The Balaban J connectivity index is 2.03. The van der Waals surface area contributed by atoms with Crippen LogP contribution in [0.2, 0.25) is 0 Å². The van der Waals surface area contributed by atoms with Gasteiger partial charge in [0.2, 0.25) is 0 Å². The molecule has 1 saturated heterocycles. The summed E-state index contributed by atoms with van der Waals surface area (Å²) in [5, 5.41) is 0. The minimum Gasteiger partial charge on any atom is -0.462 e. The van der Waals surface area contributed by atoms with Crippen LogP contribution in [0, 0.1) is 6.92 Å². The fourth-order valence-electron chi connectivity index (χ4n) is 2.28. The molecule has 1 aliphatic rings. The molecule has 0 amide bonds. The molecule has 1 heterocycles. The van der Waals surface area contributed by atoms with E-state index in [9.17, 15) is 4.79 Å². The van der Waals surface area contributed by atoms with Gasteiger partial charge in [-0.05, 0) is 31.0 Å². The van der Waals surface area contributed by atoms with Crippen LogP contribution in [0.4, 0.5) is 0 Å². The molecule has 0 radical (unpaired) electrons. The van der Waals surface area contributed by atoms with Crippen LogP contribution in [-0.4, -0.2) is 43.8 Å². The molecule has 0 unspecified atom stereocenters. The number of hydrogen-bond donors (Lipinski definition) is 0. The van der Waals surface area contributed by atoms with Gasteiger partial charge in [-0.3, -0.25) is 4.90 Å². The number of aryl methyl sites for hydroxylation is 1. The van der Waals surface area contributed by atoms with Gasteiger partial charge >= 0.3 is 5.97 Å². The van der Waals surface area contributed by atoms with Gasteiger partial charge in [0.25, 0.3) is 0 Å². The molecule has 0 N–H and O–H groups in total. The Bertz CT molecular complexity index is 439. The zero-order chi connectivity index (χ0) is 13.7. The van der Waals surface area contributed by atoms with E-state index in [0.717, 1.165) is 38.4 Å². The van der Waals surface area contributed by atoms with Gasteiger partial charge in [0.05, 0.1) is 25.4 Å². The van der Waals surface area contributed by atoms with Crippen molar-refractivity contribution < 1.29 is 14.3 Å². The zero-order valence-electron chi connectivity index (χ0n) is 11.6. The molecule has 4 heteroatoms. The number of carbonyl (C=O) groups is 1. The maximum atomic E-state index is 11.7. The van der Waals surface area contributed by atoms with Gasteiger partial charge in [-0.2, -0.15) is 0 Å². The largest absolute Gasteiger partial charge is 0.462 e. The van der Waals surface area contributed by atoms with E-state index in [4.69, 9.17) is 9.47 Å². The molecule has 0 aliphatic carbocycles. The first-order valence-corrected chi connectivity index (χ1v) is 6.77. The second kappa shape index (κ2) is 6.68. The van der Waals surface area contributed by atoms with Crippen LogP contribution < -0.4 is 0 Å². The van der Waals surface area contributed by atoms with Crippen molar-refractivity contribution in [2.75, 3.05) is 32.9 Å². The van der Waals surface area contributed by atoms with Crippen LogP contribution in [0.15, 0.2) is 18.2 Å². The lowest BCUT2D eigenvalue weighted by Gasteiger charge is -2.26. The van der Waals surface area contributed by atoms with Gasteiger partial charge in [-0.25, -0.2) is 4.79 Å². The summed E-state index contributed by atoms with van der Waals surface area (Å²) in [4.78, 5) is 14.1. The Morgan fingerprint density at radius 1 is 1.37 bits per heavy atom. The predicted molar refractivity (Wildman–Crippen MR) is 73.2 cm³/mol. The summed E-state index contributed by atoms with van der Waals surface area (Å²) in [5.41, 5.74) is 2.87. The zero-order valence-corrected chi connectivity index (χ0v) is 11.6. The van der Waals surface area contributed by atoms with Crippen LogP contribution in [0.1, 0.15) is 28.4 Å². The van der Waals surface area contributed by atoms with Crippen molar-refractivity contribution >= 4 is 5.97 Å². The smallest absolute Gasteiger partial charge is 0.338 e. The first-order valence-electron chi connectivity index (χ1n) is 6.77. The summed E-state index contributed by atoms with van der Waals surface area (Å²) in [6, 6.07) is 5.94. The minimum atomic E-state index is -0.238. The number of rotatable bonds is 4. The van der Waals surface area contributed by atoms with Gasteiger partial charge in [0.1, 0.15) is 0 Å². The van der Waals surface area contributed by atoms with Crippen LogP contribution in [-0.2, 0) is 16.0 Å². The topological polar surface area (TPSA) is 38.8 Å². The molecule has 0 aromatic heterocycles. The van der Waals surface area contributed by atoms with Crippen molar-refractivity contribution in [3.8, 4) is 0 Å². The van der Waals surface area contributed by atoms with Gasteiger partial charge in [-0.1, -0.05) is 12.1 Å². The highest BCUT2D eigenvalue weighted by Crippen LogP contribution is 2.14. The monoisotopic (exact) mass is 263 g/mol. The van der Waals surface area contributed by atoms with E-state index in [1.165, 1.54) is 5.56 Å². The lowest BCUT2D eigenvalue weighted by molar-refractivity contribution is 0.0342. The Kier molecular flexibility index (Phi) is 4.93. The number of esters is 1. The highest BCUT2D eigenvalue weighted by Gasteiger charge is 2.13. The molecule has 104 valence electrons. The summed E-state index contributed by atoms with van der Waals surface area (Å²) in [7, 11) is 0. The van der Waals surface area contributed by atoms with E-state index in [0.29, 0.717) is 12.2 Å². The summed E-state index contributed by atoms with van der Waals surface area (Å²) in [6.45, 7) is 8.65. The van der Waals surface area contributed by atoms with Crippen LogP contribution in [0.25, 0.3) is 0 Å². The van der Waals surface area contributed by atoms with Gasteiger partial charge in [0, 0.05) is 19.6 Å². The Hall–Kier alpha value is -1.39. The molecule has 0 atom stereocenters. The number of carbonyl (C=O) groups excluding carboxylic acids is 1. The van der Waals surface area contributed by atoms with Crippen LogP contribution >= 0.6 is 0 Å². The Morgan fingerprint density at radius 3 is 2.74 bits per heavy atom. The summed E-state index contributed by atoms with van der Waals surface area (Å²) >= 11 is 0. The molecular weight excluding hydrogens is 242 g/mol. The van der Waals surface area contributed by atoms with E-state index >= 15 is 0 Å². The van der Waals surface area contributed by atoms with Crippen LogP contribution in [0.5, 0.6) is 0 Å². The average molecular weight is 263 g/mol. The first-order chi connectivity index (χ1) is 9.20. The number of benzene rings is 1. The molecular formula is C15H21NO3. The maximum Gasteiger partial charge on any atom is 0.338 e. The SMILES string of the molecule is CCOC(=O)c1ccc(CN2CCOCC2)cc1C. The fraction of sp³-hybridized carbons (Fsp3) is 0.533. The van der Waals surface area contributed by atoms with E-state index < -0.39 is 0 Å². The number of hydrogen-bond acceptors (Lipinski definition) is 4. The maximum absolute atomic E-state index is 11.7. The average Bonchev–Trinajstić information content (AvgIpc) is 2.40. The number of morpholine rings is 1. The molecule has 0 saturated carbocycles. The van der Waals surface area contributed by atoms with Crippen molar-refractivity contribution in [3.05, 3.63) is 34.9 Å². The quantitative estimate of drug-likeness (QED) is 0.779. The fourth-order valence-corrected chi connectivity index (χ4v) is 2.28. The normalized spacial score (nSPS) is 16.3. The van der Waals surface area contributed by atoms with Crippen molar-refractivity contribution in [2.24, 2.45) is 0 Å². The van der Waals surface area contributed by atoms with Crippen molar-refractivity contribution in [1.29, 1.82) is 0 Å². The molecule has 1 aromatic carbocycles. The number of nitrogens with zero attached hydrogens (tertiary/aromatic N) is 1. The highest BCUT2D eigenvalue weighted by atomic mass is 16.5. The first kappa shape index (κ1) is 14.0. The molecule has 0 spiro atoms. The predicted octanol–water partition coefficient (Wildman–Crippen LogP) is 2.00. The van der Waals surface area contributed by atoms with Gasteiger partial charge < -0.3 is 9.47 Å². The van der Waals surface area contributed by atoms with Crippen molar-refractivity contribution in [1.82, 2.24) is 4.90 Å². The molecule has 1 aliphatic heterocycles. The Morgan fingerprint density at radius 2 is 2.11 bits per heavy atom. The number of ether oxygens (including phenoxy) is 2. The molecule has 19 heavy (non-hydrogen) atoms. The van der Waals surface area contributed by atoms with E-state index in [1.807, 2.05) is 26.0 Å². The third kappa shape index (κ3) is 3.78. The molecule has 2 rings (SSSR count). The van der Waals surface area contributed by atoms with E-state index in [2.05, 4.69) is 11.0 Å².